The molecule has 5 heavy (non-hydrogen) atoms. The minimum atomic E-state index is -0.214. The summed E-state index contributed by atoms with van der Waals surface area (Å²) in [5.41, 5.74) is 0. The van der Waals surface area contributed by atoms with Gasteiger partial charge in [-0.3, -0.25) is 0 Å². The van der Waals surface area contributed by atoms with E-state index in [1.54, 1.807) is 0 Å². The Bertz CT molecular complexity index is 13.6. The van der Waals surface area contributed by atoms with E-state index in [1.165, 1.54) is 0 Å². The maximum atomic E-state index is 3.11. The number of rotatable bonds is 1. The van der Waals surface area contributed by atoms with E-state index in [9.17, 15) is 0 Å². The summed E-state index contributed by atoms with van der Waals surface area (Å²) in [6, 6.07) is 0. The van der Waals surface area contributed by atoms with Crippen molar-refractivity contribution in [2.24, 2.45) is 0 Å². The summed E-state index contributed by atoms with van der Waals surface area (Å²) < 4.78 is 3.11. The maximum absolute atomic E-state index is 3.11. The Morgan fingerprint density at radius 3 is 2.00 bits per heavy atom. The van der Waals surface area contributed by atoms with Crippen LogP contribution in [0.2, 0.25) is 0 Å². The molecule has 0 saturated heterocycles. The standard InChI is InChI=1S/CH4N.Bi.HI.Pb.3H/c1-2;;;;;;/h2H,1H3;;1H;;;;/q-1;;;+2;;;/p-1. The normalized spacial score (nSPS) is 6.00. The van der Waals surface area contributed by atoms with Crippen molar-refractivity contribution in [3.8, 4) is 0 Å². The van der Waals surface area contributed by atoms with E-state index < -0.39 is 0 Å². The van der Waals surface area contributed by atoms with E-state index in [4.69, 9.17) is 0 Å². The Labute approximate surface area is 72.9 Å². The zero-order valence-electron chi connectivity index (χ0n) is 3.09. The third-order valence-corrected chi connectivity index (χ3v) is 5.56. The van der Waals surface area contributed by atoms with Crippen LogP contribution in [0.25, 0.3) is 0 Å². The molecule has 0 aromatic heterocycles. The van der Waals surface area contributed by atoms with Gasteiger partial charge < -0.3 is 0 Å². The number of halogens is 1. The molecule has 0 heterocycles. The summed E-state index contributed by atoms with van der Waals surface area (Å²) in [5, 5.41) is 0. The van der Waals surface area contributed by atoms with E-state index in [0.29, 0.717) is 0 Å². The molecule has 4 heteroatoms. The van der Waals surface area contributed by atoms with Gasteiger partial charge in [0.1, 0.15) is 0 Å². The first kappa shape index (κ1) is 10.5. The van der Waals surface area contributed by atoms with Crippen molar-refractivity contribution < 1.29 is 0 Å². The predicted molar refractivity (Wildman–Crippen MR) is 38.8 cm³/mol. The van der Waals surface area contributed by atoms with E-state index >= 15 is 0 Å². The van der Waals surface area contributed by atoms with Gasteiger partial charge in [0.25, 0.3) is 0 Å². The zero-order chi connectivity index (χ0) is 3.41. The molecular formula is CH7BiINPb. The summed E-state index contributed by atoms with van der Waals surface area (Å²) in [6.07, 6.45) is 0. The Morgan fingerprint density at radius 2 is 2.00 bits per heavy atom. The molecule has 0 fully saturated rings. The molecule has 0 aliphatic carbocycles. The van der Waals surface area contributed by atoms with Gasteiger partial charge in [-0.25, -0.2) is 0 Å². The van der Waals surface area contributed by atoms with Gasteiger partial charge in [-0.05, 0) is 0 Å². The van der Waals surface area contributed by atoms with E-state index in [0.717, 1.165) is 0 Å². The first-order chi connectivity index (χ1) is 1.91. The van der Waals surface area contributed by atoms with Gasteiger partial charge in [0.15, 0.2) is 0 Å². The predicted octanol–water partition coefficient (Wildman–Crippen LogP) is -1.01. The Balaban J connectivity index is 0. The second-order valence-electron chi connectivity index (χ2n) is 0.344. The molecule has 0 aliphatic heterocycles. The zero-order valence-corrected chi connectivity index (χ0v) is 14.6. The fraction of sp³-hybridized carbons (Fsp3) is 1.00. The van der Waals surface area contributed by atoms with Gasteiger partial charge in [-0.2, -0.15) is 0 Å². The number of hydrogen-bond acceptors (Lipinski definition) is 1. The van der Waals surface area contributed by atoms with Crippen LogP contribution in [-0.2, 0) is 0 Å². The van der Waals surface area contributed by atoms with Gasteiger partial charge in [-0.15, -0.1) is 0 Å². The molecule has 2 radical (unpaired) electrons. The molecular weight excluding hydrogens is 569 g/mol. The first-order valence-electron chi connectivity index (χ1n) is 0.939. The fourth-order valence-electron chi connectivity index (χ4n) is 0. The van der Waals surface area contributed by atoms with Gasteiger partial charge in [0.2, 0.25) is 0 Å². The van der Waals surface area contributed by atoms with E-state index in [1.807, 2.05) is 7.05 Å². The molecule has 0 aromatic carbocycles. The van der Waals surface area contributed by atoms with Crippen molar-refractivity contribution in [2.45, 2.75) is 0 Å². The van der Waals surface area contributed by atoms with Gasteiger partial charge >= 0.3 is 74.4 Å². The van der Waals surface area contributed by atoms with Crippen molar-refractivity contribution >= 4 is 64.2 Å². The van der Waals surface area contributed by atoms with Crippen LogP contribution in [0.4, 0.5) is 0 Å². The van der Waals surface area contributed by atoms with Crippen LogP contribution in [0.3, 0.4) is 0 Å². The molecule has 0 unspecified atom stereocenters. The summed E-state index contributed by atoms with van der Waals surface area (Å²) >= 11 is 2.22. The van der Waals surface area contributed by atoms with Crippen LogP contribution >= 0.6 is 17.8 Å². The van der Waals surface area contributed by atoms with Crippen LogP contribution < -0.4 is 3.13 Å². The van der Waals surface area contributed by atoms with Crippen LogP contribution in [0.5, 0.6) is 0 Å². The molecule has 0 aromatic rings. The Hall–Kier alpha value is 2.50. The third kappa shape index (κ3) is 10.7. The number of nitrogens with one attached hydrogen (secondary N) is 1. The molecule has 1 N–H and O–H groups in total. The number of hydrogen-bond donors (Lipinski definition) is 1. The molecule has 0 bridgehead atoms. The van der Waals surface area contributed by atoms with Crippen molar-refractivity contribution in [1.82, 2.24) is 3.13 Å². The molecule has 0 spiro atoms. The summed E-state index contributed by atoms with van der Waals surface area (Å²) in [6.45, 7) is 0. The van der Waals surface area contributed by atoms with Gasteiger partial charge in [-0.1, -0.05) is 0 Å². The van der Waals surface area contributed by atoms with Crippen molar-refractivity contribution in [3.63, 3.8) is 0 Å². The summed E-state index contributed by atoms with van der Waals surface area (Å²) in [4.78, 5) is 0. The fourth-order valence-corrected chi connectivity index (χ4v) is 0. The van der Waals surface area contributed by atoms with Gasteiger partial charge in [0, 0.05) is 0 Å². The molecule has 32 valence electrons. The molecule has 1 nitrogen and oxygen atoms in total. The molecule has 0 rings (SSSR count). The first-order valence-corrected chi connectivity index (χ1v) is 13.8. The monoisotopic (exact) mass is 577 g/mol. The van der Waals surface area contributed by atoms with Crippen LogP contribution in [0.15, 0.2) is 0 Å². The third-order valence-electron chi connectivity index (χ3n) is 0.0945. The quantitative estimate of drug-likeness (QED) is 0.312. The van der Waals surface area contributed by atoms with Crippen LogP contribution in [-0.4, -0.2) is 53.5 Å². The van der Waals surface area contributed by atoms with Crippen LogP contribution in [0, 0.1) is 0 Å². The van der Waals surface area contributed by atoms with Gasteiger partial charge in [0.05, 0.1) is 0 Å². The van der Waals surface area contributed by atoms with Crippen molar-refractivity contribution in [3.05, 3.63) is 0 Å². The minimum absolute atomic E-state index is 0. The average Bonchev–Trinajstić information content (AvgIpc) is 1.37. The second kappa shape index (κ2) is 9.71. The van der Waals surface area contributed by atoms with Crippen LogP contribution in [0.1, 0.15) is 0 Å². The Kier molecular flexibility index (Phi) is 20.3. The summed E-state index contributed by atoms with van der Waals surface area (Å²) in [5.74, 6) is 0. The molecule has 0 saturated carbocycles. The average molecular weight is 576 g/mol. The Morgan fingerprint density at radius 1 is 1.80 bits per heavy atom. The van der Waals surface area contributed by atoms with Crippen molar-refractivity contribution in [1.29, 1.82) is 0 Å². The summed E-state index contributed by atoms with van der Waals surface area (Å²) in [7, 11) is 2.01. The topological polar surface area (TPSA) is 12.0 Å². The molecule has 0 atom stereocenters. The SMILES string of the molecule is C[NH][Pb][I].[BiH3]. The van der Waals surface area contributed by atoms with E-state index in [-0.39, 0.29) is 46.4 Å². The van der Waals surface area contributed by atoms with Crippen molar-refractivity contribution in [2.75, 3.05) is 7.05 Å². The second-order valence-corrected chi connectivity index (χ2v) is 7.76. The molecule has 0 aliphatic rings. The molecule has 0 amide bonds. The van der Waals surface area contributed by atoms with E-state index in [2.05, 4.69) is 20.9 Å².